The summed E-state index contributed by atoms with van der Waals surface area (Å²) in [5.41, 5.74) is 9.20. The Hall–Kier alpha value is -4.30. The molecule has 2 heterocycles. The van der Waals surface area contributed by atoms with Crippen molar-refractivity contribution in [1.29, 1.82) is 0 Å². The molecule has 0 amide bonds. The minimum Gasteiger partial charge on any atom is -0.247 e. The molecule has 0 fully saturated rings. The maximum atomic E-state index is 5.05. The fourth-order valence-electron chi connectivity index (χ4n) is 4.87. The lowest BCUT2D eigenvalue weighted by atomic mass is 9.94. The van der Waals surface area contributed by atoms with Crippen LogP contribution in [-0.2, 0) is 0 Å². The van der Waals surface area contributed by atoms with Crippen molar-refractivity contribution in [2.24, 2.45) is 9.98 Å². The lowest BCUT2D eigenvalue weighted by molar-refractivity contribution is 1.35. The van der Waals surface area contributed by atoms with E-state index in [4.69, 9.17) is 9.98 Å². The molecule has 2 aliphatic rings. The maximum absolute atomic E-state index is 5.05. The van der Waals surface area contributed by atoms with Crippen molar-refractivity contribution in [2.45, 2.75) is 0 Å². The summed E-state index contributed by atoms with van der Waals surface area (Å²) in [4.78, 5) is 10.1. The Bertz CT molecular complexity index is 1750. The molecule has 0 spiro atoms. The van der Waals surface area contributed by atoms with Gasteiger partial charge in [0.2, 0.25) is 0 Å². The van der Waals surface area contributed by atoms with Crippen LogP contribution in [0.4, 0.5) is 11.4 Å². The molecule has 0 radical (unpaired) electrons. The van der Waals surface area contributed by atoms with Gasteiger partial charge in [0.15, 0.2) is 0 Å². The largest absolute Gasteiger partial charge is 0.247 e. The van der Waals surface area contributed by atoms with E-state index in [0.29, 0.717) is 0 Å². The molecule has 2 nitrogen and oxygen atoms in total. The van der Waals surface area contributed by atoms with E-state index in [2.05, 4.69) is 103 Å². The molecule has 148 valence electrons. The first-order valence-electron chi connectivity index (χ1n) is 10.9. The predicted octanol–water partition coefficient (Wildman–Crippen LogP) is 6.50. The highest BCUT2D eigenvalue weighted by molar-refractivity contribution is 5.88. The summed E-state index contributed by atoms with van der Waals surface area (Å²) in [7, 11) is 0. The fraction of sp³-hybridized carbons (Fsp3) is 0. The van der Waals surface area contributed by atoms with Crippen LogP contribution < -0.4 is 10.7 Å². The summed E-state index contributed by atoms with van der Waals surface area (Å²) < 4.78 is 0. The molecule has 32 heavy (non-hydrogen) atoms. The first-order valence-corrected chi connectivity index (χ1v) is 10.9. The SMILES string of the molecule is c1ccc(-c2ccc(-c3cc4c(c5c3N=c3ccccc3=5)=Nc3ccccc3-4)cc2)cc1. The van der Waals surface area contributed by atoms with Crippen molar-refractivity contribution in [3.8, 4) is 33.4 Å². The molecule has 0 saturated heterocycles. The van der Waals surface area contributed by atoms with Gasteiger partial charge in [-0.1, -0.05) is 91.0 Å². The molecule has 2 aliphatic heterocycles. The van der Waals surface area contributed by atoms with Gasteiger partial charge in [-0.3, -0.25) is 0 Å². The third-order valence-electron chi connectivity index (χ3n) is 6.41. The Morgan fingerprint density at radius 1 is 0.469 bits per heavy atom. The molecule has 0 aromatic heterocycles. The van der Waals surface area contributed by atoms with Gasteiger partial charge in [0.25, 0.3) is 0 Å². The van der Waals surface area contributed by atoms with Crippen molar-refractivity contribution in [3.63, 3.8) is 0 Å². The van der Waals surface area contributed by atoms with Crippen LogP contribution in [0.3, 0.4) is 0 Å². The van der Waals surface area contributed by atoms with Gasteiger partial charge < -0.3 is 0 Å². The van der Waals surface area contributed by atoms with Crippen molar-refractivity contribution >= 4 is 11.4 Å². The molecule has 5 aromatic rings. The highest BCUT2D eigenvalue weighted by atomic mass is 14.8. The van der Waals surface area contributed by atoms with Gasteiger partial charge in [-0.25, -0.2) is 9.98 Å². The van der Waals surface area contributed by atoms with E-state index in [1.807, 2.05) is 6.07 Å². The van der Waals surface area contributed by atoms with E-state index in [1.54, 1.807) is 0 Å². The van der Waals surface area contributed by atoms with E-state index in [9.17, 15) is 0 Å². The van der Waals surface area contributed by atoms with Gasteiger partial charge in [0, 0.05) is 27.1 Å². The first kappa shape index (κ1) is 17.4. The number of nitrogens with zero attached hydrogens (tertiary/aromatic N) is 2. The zero-order chi connectivity index (χ0) is 21.1. The predicted molar refractivity (Wildman–Crippen MR) is 128 cm³/mol. The molecule has 0 atom stereocenters. The molecule has 7 rings (SSSR count). The summed E-state index contributed by atoms with van der Waals surface area (Å²) >= 11 is 0. The second kappa shape index (κ2) is 6.60. The number of para-hydroxylation sites is 2. The van der Waals surface area contributed by atoms with Crippen LogP contribution in [0.15, 0.2) is 119 Å². The number of hydrogen-bond acceptors (Lipinski definition) is 2. The third-order valence-corrected chi connectivity index (χ3v) is 6.41. The number of fused-ring (bicyclic) bond motifs is 6. The minimum absolute atomic E-state index is 1.02. The third kappa shape index (κ3) is 2.47. The van der Waals surface area contributed by atoms with Crippen molar-refractivity contribution in [1.82, 2.24) is 0 Å². The van der Waals surface area contributed by atoms with E-state index in [-0.39, 0.29) is 0 Å². The second-order valence-corrected chi connectivity index (χ2v) is 8.25. The number of hydrogen-bond donors (Lipinski definition) is 0. The Labute approximate surface area is 185 Å². The second-order valence-electron chi connectivity index (χ2n) is 8.25. The van der Waals surface area contributed by atoms with Crippen molar-refractivity contribution < 1.29 is 0 Å². The standard InChI is InChI=1S/C30H18N2/c1-2-8-19(9-3-1)20-14-16-21(17-15-20)24-18-25-22-10-4-6-12-26(22)31-30(25)28-23-11-5-7-13-27(23)32-29(24)28/h1-18H. The summed E-state index contributed by atoms with van der Waals surface area (Å²) in [6.45, 7) is 0. The Morgan fingerprint density at radius 3 is 2.03 bits per heavy atom. The summed E-state index contributed by atoms with van der Waals surface area (Å²) in [6.07, 6.45) is 0. The van der Waals surface area contributed by atoms with Gasteiger partial charge in [-0.2, -0.15) is 0 Å². The van der Waals surface area contributed by atoms with Crippen LogP contribution >= 0.6 is 0 Å². The summed E-state index contributed by atoms with van der Waals surface area (Å²) in [5.74, 6) is 0. The zero-order valence-electron chi connectivity index (χ0n) is 17.3. The molecular weight excluding hydrogens is 388 g/mol. The van der Waals surface area contributed by atoms with E-state index < -0.39 is 0 Å². The van der Waals surface area contributed by atoms with E-state index in [0.717, 1.165) is 38.1 Å². The summed E-state index contributed by atoms with van der Waals surface area (Å²) in [6, 6.07) is 38.4. The van der Waals surface area contributed by atoms with E-state index in [1.165, 1.54) is 27.8 Å². The number of benzene rings is 5. The highest BCUT2D eigenvalue weighted by Gasteiger charge is 2.21. The first-order chi connectivity index (χ1) is 15.9. The van der Waals surface area contributed by atoms with Crippen LogP contribution in [0.1, 0.15) is 0 Å². The maximum Gasteiger partial charge on any atom is 0.0817 e. The molecule has 5 aromatic carbocycles. The fourth-order valence-corrected chi connectivity index (χ4v) is 4.87. The Kier molecular flexibility index (Phi) is 3.58. The average molecular weight is 406 g/mol. The Morgan fingerprint density at radius 2 is 1.16 bits per heavy atom. The van der Waals surface area contributed by atoms with Gasteiger partial charge >= 0.3 is 0 Å². The lowest BCUT2D eigenvalue weighted by Crippen LogP contribution is -2.06. The van der Waals surface area contributed by atoms with Crippen LogP contribution in [-0.4, -0.2) is 0 Å². The van der Waals surface area contributed by atoms with Crippen LogP contribution in [0.2, 0.25) is 0 Å². The van der Waals surface area contributed by atoms with Crippen LogP contribution in [0.5, 0.6) is 0 Å². The highest BCUT2D eigenvalue weighted by Crippen LogP contribution is 2.40. The van der Waals surface area contributed by atoms with Gasteiger partial charge in [0.1, 0.15) is 0 Å². The van der Waals surface area contributed by atoms with Gasteiger partial charge in [-0.05, 0) is 34.9 Å². The monoisotopic (exact) mass is 406 g/mol. The lowest BCUT2D eigenvalue weighted by Gasteiger charge is -2.10. The Balaban J connectivity index is 1.52. The smallest absolute Gasteiger partial charge is 0.0817 e. The minimum atomic E-state index is 1.02. The van der Waals surface area contributed by atoms with Crippen molar-refractivity contribution in [2.75, 3.05) is 0 Å². The molecule has 0 N–H and O–H groups in total. The molecular formula is C30H18N2. The molecule has 0 aliphatic carbocycles. The zero-order valence-corrected chi connectivity index (χ0v) is 17.3. The normalized spacial score (nSPS) is 12.2. The van der Waals surface area contributed by atoms with Crippen molar-refractivity contribution in [3.05, 3.63) is 130 Å². The van der Waals surface area contributed by atoms with Gasteiger partial charge in [0.05, 0.1) is 22.1 Å². The molecule has 0 saturated carbocycles. The molecule has 0 bridgehead atoms. The van der Waals surface area contributed by atoms with Gasteiger partial charge in [-0.15, -0.1) is 0 Å². The molecule has 2 heteroatoms. The van der Waals surface area contributed by atoms with E-state index >= 15 is 0 Å². The molecule has 0 unspecified atom stereocenters. The average Bonchev–Trinajstić information content (AvgIpc) is 3.43. The van der Waals surface area contributed by atoms with Crippen LogP contribution in [0, 0.1) is 10.4 Å². The van der Waals surface area contributed by atoms with Crippen LogP contribution in [0.25, 0.3) is 33.4 Å². The summed E-state index contributed by atoms with van der Waals surface area (Å²) in [5, 5.41) is 4.37. The topological polar surface area (TPSA) is 24.7 Å². The number of rotatable bonds is 2. The quantitative estimate of drug-likeness (QED) is 0.313.